The molecule has 33 heavy (non-hydrogen) atoms. The van der Waals surface area contributed by atoms with Gasteiger partial charge in [0.1, 0.15) is 16.4 Å². The predicted octanol–water partition coefficient (Wildman–Crippen LogP) is 4.32. The highest BCUT2D eigenvalue weighted by atomic mass is 32.1. The summed E-state index contributed by atoms with van der Waals surface area (Å²) in [7, 11) is 1.63. The van der Waals surface area contributed by atoms with Crippen LogP contribution in [0.1, 0.15) is 46.3 Å². The second-order valence-electron chi connectivity index (χ2n) is 8.23. The number of methoxy groups -OCH3 is 1. The van der Waals surface area contributed by atoms with Gasteiger partial charge in [-0.3, -0.25) is 9.59 Å². The Balaban J connectivity index is 1.32. The Labute approximate surface area is 195 Å². The van der Waals surface area contributed by atoms with E-state index < -0.39 is 0 Å². The zero-order chi connectivity index (χ0) is 22.8. The second kappa shape index (κ2) is 9.19. The van der Waals surface area contributed by atoms with Gasteiger partial charge in [-0.15, -0.1) is 11.3 Å². The van der Waals surface area contributed by atoms with Gasteiger partial charge in [-0.05, 0) is 48.1 Å². The zero-order valence-electron chi connectivity index (χ0n) is 18.4. The first-order valence-corrected chi connectivity index (χ1v) is 12.0. The second-order valence-corrected chi connectivity index (χ2v) is 9.32. The zero-order valence-corrected chi connectivity index (χ0v) is 19.2. The molecule has 6 nitrogen and oxygen atoms in total. The Bertz CT molecular complexity index is 1340. The van der Waals surface area contributed by atoms with Crippen molar-refractivity contribution in [2.75, 3.05) is 7.11 Å². The lowest BCUT2D eigenvalue weighted by Gasteiger charge is -2.20. The third kappa shape index (κ3) is 4.41. The molecule has 1 aliphatic carbocycles. The Morgan fingerprint density at radius 3 is 2.64 bits per heavy atom. The van der Waals surface area contributed by atoms with Gasteiger partial charge in [0.25, 0.3) is 5.56 Å². The molecule has 2 aromatic carbocycles. The van der Waals surface area contributed by atoms with E-state index in [1.165, 1.54) is 10.4 Å². The molecule has 0 aliphatic heterocycles. The van der Waals surface area contributed by atoms with Crippen molar-refractivity contribution in [2.45, 2.75) is 38.1 Å². The molecule has 4 aromatic rings. The first kappa shape index (κ1) is 21.4. The Morgan fingerprint density at radius 2 is 1.88 bits per heavy atom. The predicted molar refractivity (Wildman–Crippen MR) is 130 cm³/mol. The number of fused-ring (bicyclic) bond motifs is 3. The Kier molecular flexibility index (Phi) is 5.96. The van der Waals surface area contributed by atoms with Crippen LogP contribution < -0.4 is 15.6 Å². The number of carbonyl (C=O) groups is 1. The van der Waals surface area contributed by atoms with E-state index in [-0.39, 0.29) is 23.9 Å². The molecule has 2 heterocycles. The molecule has 1 amide bonds. The maximum atomic E-state index is 12.9. The van der Waals surface area contributed by atoms with Crippen molar-refractivity contribution in [2.24, 2.45) is 0 Å². The number of aromatic amines is 1. The topological polar surface area (TPSA) is 84.1 Å². The van der Waals surface area contributed by atoms with Crippen molar-refractivity contribution in [1.82, 2.24) is 15.3 Å². The summed E-state index contributed by atoms with van der Waals surface area (Å²) in [6.45, 7) is 0. The van der Waals surface area contributed by atoms with Crippen LogP contribution in [-0.2, 0) is 24.1 Å². The van der Waals surface area contributed by atoms with Gasteiger partial charge < -0.3 is 15.0 Å². The number of carbonyl (C=O) groups excluding carboxylic acids is 1. The fourth-order valence-electron chi connectivity index (χ4n) is 4.43. The summed E-state index contributed by atoms with van der Waals surface area (Å²) in [6.07, 6.45) is 3.70. The van der Waals surface area contributed by atoms with Crippen molar-refractivity contribution in [1.29, 1.82) is 0 Å². The van der Waals surface area contributed by atoms with E-state index in [1.807, 2.05) is 54.6 Å². The number of hydrogen-bond donors (Lipinski definition) is 2. The van der Waals surface area contributed by atoms with Crippen LogP contribution in [0.4, 0.5) is 0 Å². The van der Waals surface area contributed by atoms with Crippen LogP contribution >= 0.6 is 11.3 Å². The minimum Gasteiger partial charge on any atom is -0.497 e. The molecule has 168 valence electrons. The molecule has 0 bridgehead atoms. The summed E-state index contributed by atoms with van der Waals surface area (Å²) >= 11 is 1.62. The molecule has 1 atom stereocenters. The van der Waals surface area contributed by atoms with Gasteiger partial charge in [-0.2, -0.15) is 0 Å². The molecular formula is C26H25N3O3S. The summed E-state index contributed by atoms with van der Waals surface area (Å²) in [5.41, 5.74) is 3.04. The average Bonchev–Trinajstić information content (AvgIpc) is 3.43. The minimum atomic E-state index is -0.278. The molecular weight excluding hydrogens is 434 g/mol. The van der Waals surface area contributed by atoms with Crippen molar-refractivity contribution in [3.8, 4) is 5.75 Å². The summed E-state index contributed by atoms with van der Waals surface area (Å²) in [6, 6.07) is 17.3. The molecule has 2 aromatic heterocycles. The number of benzene rings is 2. The van der Waals surface area contributed by atoms with Crippen LogP contribution in [0.15, 0.2) is 59.4 Å². The van der Waals surface area contributed by atoms with Gasteiger partial charge in [0.05, 0.1) is 18.5 Å². The summed E-state index contributed by atoms with van der Waals surface area (Å²) in [5.74, 6) is 1.22. The SMILES string of the molecule is COc1ccc(C(NC(=O)CCc2nc3sc4c(c3c(=O)[nH]2)CCC4)c2ccccc2)cc1. The fraction of sp³-hybridized carbons (Fsp3) is 0.269. The smallest absolute Gasteiger partial charge is 0.259 e. The lowest BCUT2D eigenvalue weighted by Crippen LogP contribution is -2.29. The number of aromatic nitrogens is 2. The van der Waals surface area contributed by atoms with Crippen LogP contribution in [0.25, 0.3) is 10.2 Å². The van der Waals surface area contributed by atoms with Crippen LogP contribution in [0.5, 0.6) is 5.75 Å². The Hall–Kier alpha value is -3.45. The lowest BCUT2D eigenvalue weighted by molar-refractivity contribution is -0.121. The van der Waals surface area contributed by atoms with E-state index in [2.05, 4.69) is 15.3 Å². The molecule has 0 saturated carbocycles. The molecule has 1 aliphatic rings. The van der Waals surface area contributed by atoms with Crippen molar-refractivity contribution < 1.29 is 9.53 Å². The molecule has 2 N–H and O–H groups in total. The third-order valence-electron chi connectivity index (χ3n) is 6.10. The van der Waals surface area contributed by atoms with E-state index in [1.54, 1.807) is 18.4 Å². The van der Waals surface area contributed by atoms with E-state index in [4.69, 9.17) is 4.74 Å². The van der Waals surface area contributed by atoms with Crippen LogP contribution in [0.2, 0.25) is 0 Å². The highest BCUT2D eigenvalue weighted by molar-refractivity contribution is 7.18. The number of rotatable bonds is 7. The minimum absolute atomic E-state index is 0.0878. The molecule has 0 spiro atoms. The number of ether oxygens (including phenoxy) is 1. The number of aryl methyl sites for hydroxylation is 3. The Morgan fingerprint density at radius 1 is 1.12 bits per heavy atom. The van der Waals surface area contributed by atoms with E-state index in [0.717, 1.165) is 46.4 Å². The van der Waals surface area contributed by atoms with Crippen LogP contribution in [0, 0.1) is 0 Å². The monoisotopic (exact) mass is 459 g/mol. The van der Waals surface area contributed by atoms with Crippen molar-refractivity contribution >= 4 is 27.5 Å². The van der Waals surface area contributed by atoms with Gasteiger partial charge in [0.15, 0.2) is 0 Å². The van der Waals surface area contributed by atoms with Gasteiger partial charge in [-0.25, -0.2) is 4.98 Å². The lowest BCUT2D eigenvalue weighted by atomic mass is 9.98. The summed E-state index contributed by atoms with van der Waals surface area (Å²) in [5, 5.41) is 3.88. The van der Waals surface area contributed by atoms with Crippen molar-refractivity contribution in [3.05, 3.63) is 92.3 Å². The number of nitrogens with one attached hydrogen (secondary N) is 2. The van der Waals surface area contributed by atoms with Crippen LogP contribution in [-0.4, -0.2) is 23.0 Å². The largest absolute Gasteiger partial charge is 0.497 e. The molecule has 7 heteroatoms. The number of amides is 1. The fourth-order valence-corrected chi connectivity index (χ4v) is 5.71. The molecule has 0 radical (unpaired) electrons. The standard InChI is InChI=1S/C26H25N3O3S/c1-32-18-12-10-17(11-13-18)24(16-6-3-2-4-7-16)29-22(30)15-14-21-27-25(31)23-19-8-5-9-20(19)33-26(23)28-21/h2-4,6-7,10-13,24H,5,8-9,14-15H2,1H3,(H,29,30)(H,27,28,31). The number of nitrogens with zero attached hydrogens (tertiary/aromatic N) is 1. The van der Waals surface area contributed by atoms with E-state index in [0.29, 0.717) is 12.2 Å². The average molecular weight is 460 g/mol. The quantitative estimate of drug-likeness (QED) is 0.431. The molecule has 0 saturated heterocycles. The van der Waals surface area contributed by atoms with Crippen LogP contribution in [0.3, 0.4) is 0 Å². The first-order valence-electron chi connectivity index (χ1n) is 11.1. The highest BCUT2D eigenvalue weighted by Gasteiger charge is 2.22. The van der Waals surface area contributed by atoms with Gasteiger partial charge in [0, 0.05) is 17.7 Å². The normalized spacial score (nSPS) is 13.6. The molecule has 0 fully saturated rings. The maximum Gasteiger partial charge on any atom is 0.259 e. The maximum absolute atomic E-state index is 12.9. The van der Waals surface area contributed by atoms with Gasteiger partial charge in [0.2, 0.25) is 5.91 Å². The van der Waals surface area contributed by atoms with Gasteiger partial charge >= 0.3 is 0 Å². The first-order chi connectivity index (χ1) is 16.1. The van der Waals surface area contributed by atoms with Gasteiger partial charge in [-0.1, -0.05) is 42.5 Å². The third-order valence-corrected chi connectivity index (χ3v) is 7.29. The van der Waals surface area contributed by atoms with Crippen molar-refractivity contribution in [3.63, 3.8) is 0 Å². The molecule has 1 unspecified atom stereocenters. The summed E-state index contributed by atoms with van der Waals surface area (Å²) < 4.78 is 5.26. The number of thiophene rings is 1. The highest BCUT2D eigenvalue weighted by Crippen LogP contribution is 2.34. The number of hydrogen-bond acceptors (Lipinski definition) is 5. The number of H-pyrrole nitrogens is 1. The van der Waals surface area contributed by atoms with E-state index in [9.17, 15) is 9.59 Å². The van der Waals surface area contributed by atoms with E-state index >= 15 is 0 Å². The summed E-state index contributed by atoms with van der Waals surface area (Å²) in [4.78, 5) is 35.2. The molecule has 5 rings (SSSR count).